The predicted octanol–water partition coefficient (Wildman–Crippen LogP) is 3.52. The third kappa shape index (κ3) is 6.03. The monoisotopic (exact) mass is 567 g/mol. The quantitative estimate of drug-likeness (QED) is 0.465. The van der Waals surface area contributed by atoms with E-state index in [0.717, 1.165) is 5.56 Å². The van der Waals surface area contributed by atoms with Gasteiger partial charge < -0.3 is 20.3 Å². The zero-order chi connectivity index (χ0) is 18.4. The Morgan fingerprint density at radius 2 is 1.68 bits per heavy atom. The number of carboxylic acid groups (broad SMARTS) is 1. The zero-order valence-corrected chi connectivity index (χ0v) is 17.2. The molecule has 0 heterocycles. The van der Waals surface area contributed by atoms with Crippen LogP contribution in [0.5, 0.6) is 5.75 Å². The van der Waals surface area contributed by atoms with E-state index in [9.17, 15) is 19.8 Å². The van der Waals surface area contributed by atoms with Crippen LogP contribution in [-0.4, -0.2) is 28.3 Å². The molecule has 1 unspecified atom stereocenters. The number of aromatic hydroxyl groups is 1. The van der Waals surface area contributed by atoms with Crippen LogP contribution in [0.15, 0.2) is 42.5 Å². The number of phenolic OH excluding ortho intramolecular Hbond substituents is 1. The van der Waals surface area contributed by atoms with Gasteiger partial charge in [-0.25, -0.2) is 9.59 Å². The molecular weight excluding hydrogens is 552 g/mol. The smallest absolute Gasteiger partial charge is 0.408 e. The van der Waals surface area contributed by atoms with Crippen LogP contribution in [0.25, 0.3) is 0 Å². The second kappa shape index (κ2) is 9.22. The standard InChI is InChI=1S/C17H15I2NO5/c18-12-6-11(7-13(19)15(12)21)8-14(16(22)23)20-17(24)25-9-10-4-2-1-3-5-10/h1-7,14,21H,8-9H2,(H,20,24)(H,22,23). The molecule has 6 nitrogen and oxygen atoms in total. The van der Waals surface area contributed by atoms with Gasteiger partial charge in [-0.15, -0.1) is 0 Å². The van der Waals surface area contributed by atoms with Crippen LogP contribution in [0.3, 0.4) is 0 Å². The highest BCUT2D eigenvalue weighted by atomic mass is 127. The summed E-state index contributed by atoms with van der Waals surface area (Å²) in [5.41, 5.74) is 1.51. The number of carboxylic acids is 1. The molecule has 2 rings (SSSR count). The van der Waals surface area contributed by atoms with E-state index < -0.39 is 18.1 Å². The molecule has 0 aliphatic carbocycles. The number of amides is 1. The summed E-state index contributed by atoms with van der Waals surface area (Å²) < 4.78 is 6.30. The van der Waals surface area contributed by atoms with Crippen molar-refractivity contribution in [3.05, 3.63) is 60.7 Å². The number of carbonyl (C=O) groups excluding carboxylic acids is 1. The average molecular weight is 567 g/mol. The number of phenols is 1. The predicted molar refractivity (Wildman–Crippen MR) is 108 cm³/mol. The number of ether oxygens (including phenoxy) is 1. The summed E-state index contributed by atoms with van der Waals surface area (Å²) in [6.45, 7) is 0.0635. The number of rotatable bonds is 6. The van der Waals surface area contributed by atoms with Gasteiger partial charge in [-0.2, -0.15) is 0 Å². The Balaban J connectivity index is 1.98. The number of aliphatic carboxylic acids is 1. The van der Waals surface area contributed by atoms with Gasteiger partial charge in [0.05, 0.1) is 7.14 Å². The molecule has 0 aliphatic heterocycles. The molecule has 0 aliphatic rings. The Hall–Kier alpha value is -1.56. The van der Waals surface area contributed by atoms with Gasteiger partial charge in [-0.1, -0.05) is 30.3 Å². The summed E-state index contributed by atoms with van der Waals surface area (Å²) in [6.07, 6.45) is -0.707. The minimum atomic E-state index is -1.16. The number of hydrogen-bond donors (Lipinski definition) is 3. The lowest BCUT2D eigenvalue weighted by molar-refractivity contribution is -0.139. The van der Waals surface area contributed by atoms with Gasteiger partial charge in [-0.05, 0) is 68.4 Å². The molecule has 8 heteroatoms. The molecule has 2 aromatic carbocycles. The molecule has 0 saturated carbocycles. The lowest BCUT2D eigenvalue weighted by Gasteiger charge is -2.15. The summed E-state index contributed by atoms with van der Waals surface area (Å²) in [6, 6.07) is 11.4. The summed E-state index contributed by atoms with van der Waals surface area (Å²) in [4.78, 5) is 23.3. The maximum atomic E-state index is 11.9. The van der Waals surface area contributed by atoms with Gasteiger partial charge >= 0.3 is 12.1 Å². The maximum absolute atomic E-state index is 11.9. The first-order chi connectivity index (χ1) is 11.9. The van der Waals surface area contributed by atoms with Crippen LogP contribution in [0.4, 0.5) is 4.79 Å². The Morgan fingerprint density at radius 1 is 1.08 bits per heavy atom. The summed E-state index contributed by atoms with van der Waals surface area (Å²) in [7, 11) is 0. The van der Waals surface area contributed by atoms with Crippen LogP contribution < -0.4 is 5.32 Å². The number of alkyl carbamates (subject to hydrolysis) is 1. The number of benzene rings is 2. The minimum absolute atomic E-state index is 0.0635. The number of halogens is 2. The fourth-order valence-corrected chi connectivity index (χ4v) is 3.98. The lowest BCUT2D eigenvalue weighted by Crippen LogP contribution is -2.42. The molecule has 0 bridgehead atoms. The summed E-state index contributed by atoms with van der Waals surface area (Å²) in [5.74, 6) is -0.998. The highest BCUT2D eigenvalue weighted by Gasteiger charge is 2.22. The van der Waals surface area contributed by atoms with Crippen molar-refractivity contribution in [2.75, 3.05) is 0 Å². The molecule has 0 radical (unpaired) electrons. The minimum Gasteiger partial charge on any atom is -0.506 e. The van der Waals surface area contributed by atoms with E-state index in [-0.39, 0.29) is 18.8 Å². The van der Waals surface area contributed by atoms with Crippen molar-refractivity contribution in [3.63, 3.8) is 0 Å². The van der Waals surface area contributed by atoms with Gasteiger partial charge in [0, 0.05) is 6.42 Å². The topological polar surface area (TPSA) is 95.9 Å². The van der Waals surface area contributed by atoms with E-state index in [1.807, 2.05) is 75.5 Å². The van der Waals surface area contributed by atoms with Gasteiger partial charge in [0.15, 0.2) is 0 Å². The number of hydrogen-bond acceptors (Lipinski definition) is 4. The average Bonchev–Trinajstić information content (AvgIpc) is 2.58. The normalized spacial score (nSPS) is 11.6. The molecule has 25 heavy (non-hydrogen) atoms. The molecule has 0 spiro atoms. The van der Waals surface area contributed by atoms with Crippen LogP contribution in [0, 0.1) is 7.14 Å². The SMILES string of the molecule is O=C(NC(Cc1cc(I)c(O)c(I)c1)C(=O)O)OCc1ccccc1. The Kier molecular flexibility index (Phi) is 7.29. The Bertz CT molecular complexity index is 744. The van der Waals surface area contributed by atoms with Crippen molar-refractivity contribution in [2.24, 2.45) is 0 Å². The van der Waals surface area contributed by atoms with E-state index in [4.69, 9.17) is 4.74 Å². The first-order valence-electron chi connectivity index (χ1n) is 7.23. The summed E-state index contributed by atoms with van der Waals surface area (Å²) in [5, 5.41) is 21.5. The fraction of sp³-hybridized carbons (Fsp3) is 0.176. The molecule has 0 saturated heterocycles. The highest BCUT2D eigenvalue weighted by molar-refractivity contribution is 14.1. The first-order valence-corrected chi connectivity index (χ1v) is 9.39. The molecule has 3 N–H and O–H groups in total. The molecule has 0 aromatic heterocycles. The highest BCUT2D eigenvalue weighted by Crippen LogP contribution is 2.27. The zero-order valence-electron chi connectivity index (χ0n) is 12.9. The number of carbonyl (C=O) groups is 2. The van der Waals surface area contributed by atoms with Crippen molar-refractivity contribution in [1.82, 2.24) is 5.32 Å². The van der Waals surface area contributed by atoms with Crippen LogP contribution in [0.2, 0.25) is 0 Å². The summed E-state index contributed by atoms with van der Waals surface area (Å²) >= 11 is 3.94. The third-order valence-electron chi connectivity index (χ3n) is 3.32. The second-order valence-corrected chi connectivity index (χ2v) is 7.53. The molecule has 1 amide bonds. The molecular formula is C17H15I2NO5. The molecule has 0 fully saturated rings. The van der Waals surface area contributed by atoms with E-state index in [2.05, 4.69) is 5.32 Å². The van der Waals surface area contributed by atoms with Crippen molar-refractivity contribution in [1.29, 1.82) is 0 Å². The van der Waals surface area contributed by atoms with E-state index >= 15 is 0 Å². The number of nitrogens with one attached hydrogen (secondary N) is 1. The van der Waals surface area contributed by atoms with Gasteiger partial charge in [0.25, 0.3) is 0 Å². The van der Waals surface area contributed by atoms with Crippen molar-refractivity contribution >= 4 is 57.2 Å². The lowest BCUT2D eigenvalue weighted by atomic mass is 10.1. The van der Waals surface area contributed by atoms with Crippen molar-refractivity contribution in [3.8, 4) is 5.75 Å². The van der Waals surface area contributed by atoms with E-state index in [1.165, 1.54) is 0 Å². The van der Waals surface area contributed by atoms with Gasteiger partial charge in [-0.3, -0.25) is 0 Å². The fourth-order valence-electron chi connectivity index (χ4n) is 2.08. The van der Waals surface area contributed by atoms with Crippen LogP contribution >= 0.6 is 45.2 Å². The maximum Gasteiger partial charge on any atom is 0.408 e. The van der Waals surface area contributed by atoms with Crippen molar-refractivity contribution in [2.45, 2.75) is 19.1 Å². The van der Waals surface area contributed by atoms with Gasteiger partial charge in [0.1, 0.15) is 18.4 Å². The van der Waals surface area contributed by atoms with Crippen molar-refractivity contribution < 1.29 is 24.5 Å². The van der Waals surface area contributed by atoms with Crippen LogP contribution in [0.1, 0.15) is 11.1 Å². The largest absolute Gasteiger partial charge is 0.506 e. The molecule has 1 atom stereocenters. The second-order valence-electron chi connectivity index (χ2n) is 5.21. The Morgan fingerprint density at radius 3 is 2.24 bits per heavy atom. The molecule has 2 aromatic rings. The first kappa shape index (κ1) is 19.8. The van der Waals surface area contributed by atoms with E-state index in [0.29, 0.717) is 12.7 Å². The van der Waals surface area contributed by atoms with E-state index in [1.54, 1.807) is 12.1 Å². The van der Waals surface area contributed by atoms with Crippen LogP contribution in [-0.2, 0) is 22.6 Å². The third-order valence-corrected chi connectivity index (χ3v) is 4.96. The van der Waals surface area contributed by atoms with Gasteiger partial charge in [0.2, 0.25) is 0 Å². The molecule has 132 valence electrons. The Labute approximate surface area is 171 Å².